The van der Waals surface area contributed by atoms with Crippen LogP contribution in [-0.4, -0.2) is 47.8 Å². The minimum absolute atomic E-state index is 0.0935. The van der Waals surface area contributed by atoms with Crippen molar-refractivity contribution in [3.63, 3.8) is 0 Å². The number of hydrogen-bond acceptors (Lipinski definition) is 6. The molecule has 0 unspecified atom stereocenters. The fourth-order valence-electron chi connectivity index (χ4n) is 3.77. The first-order valence-electron chi connectivity index (χ1n) is 10.7. The summed E-state index contributed by atoms with van der Waals surface area (Å²) in [7, 11) is 0. The Morgan fingerprint density at radius 1 is 1.06 bits per heavy atom. The Morgan fingerprint density at radius 3 is 2.55 bits per heavy atom. The zero-order valence-electron chi connectivity index (χ0n) is 18.5. The summed E-state index contributed by atoms with van der Waals surface area (Å²) in [5, 5.41) is 3.54. The molecule has 1 amide bonds. The summed E-state index contributed by atoms with van der Waals surface area (Å²) >= 11 is 7.05. The van der Waals surface area contributed by atoms with Crippen LogP contribution in [-0.2, 0) is 4.79 Å². The van der Waals surface area contributed by atoms with E-state index in [0.29, 0.717) is 5.03 Å². The Hall–Kier alpha value is -2.84. The summed E-state index contributed by atoms with van der Waals surface area (Å²) in [6.07, 6.45) is 3.29. The quantitative estimate of drug-likeness (QED) is 0.499. The molecule has 6 nitrogen and oxygen atoms in total. The maximum atomic E-state index is 13.9. The number of hydrogen-bond donors (Lipinski definition) is 1. The van der Waals surface area contributed by atoms with Gasteiger partial charge in [-0.25, -0.2) is 14.4 Å². The second-order valence-corrected chi connectivity index (χ2v) is 9.31. The van der Waals surface area contributed by atoms with Crippen molar-refractivity contribution in [2.45, 2.75) is 18.9 Å². The number of halogens is 2. The van der Waals surface area contributed by atoms with Crippen molar-refractivity contribution in [1.82, 2.24) is 9.97 Å². The lowest BCUT2D eigenvalue weighted by atomic mass is 10.1. The van der Waals surface area contributed by atoms with E-state index in [1.807, 2.05) is 0 Å². The van der Waals surface area contributed by atoms with Gasteiger partial charge in [0.15, 0.2) is 5.82 Å². The highest BCUT2D eigenvalue weighted by molar-refractivity contribution is 8.00. The molecule has 0 spiro atoms. The Labute approximate surface area is 202 Å². The van der Waals surface area contributed by atoms with Gasteiger partial charge in [-0.15, -0.1) is 0 Å². The first-order chi connectivity index (χ1) is 15.9. The number of anilines is 3. The summed E-state index contributed by atoms with van der Waals surface area (Å²) in [5.41, 5.74) is 3.90. The Balaban J connectivity index is 1.38. The number of amides is 1. The van der Waals surface area contributed by atoms with Gasteiger partial charge in [0.1, 0.15) is 10.8 Å². The van der Waals surface area contributed by atoms with Crippen LogP contribution in [0.5, 0.6) is 0 Å². The second kappa shape index (κ2) is 10.4. The average Bonchev–Trinajstić information content (AvgIpc) is 2.81. The van der Waals surface area contributed by atoms with E-state index in [1.165, 1.54) is 46.8 Å². The van der Waals surface area contributed by atoms with Crippen molar-refractivity contribution < 1.29 is 9.18 Å². The summed E-state index contributed by atoms with van der Waals surface area (Å²) < 4.78 is 13.9. The van der Waals surface area contributed by atoms with E-state index in [9.17, 15) is 9.18 Å². The molecule has 2 heterocycles. The van der Waals surface area contributed by atoms with Crippen molar-refractivity contribution in [3.05, 3.63) is 70.8 Å². The lowest BCUT2D eigenvalue weighted by Gasteiger charge is -2.37. The molecule has 1 aliphatic rings. The number of piperazine rings is 1. The third-order valence-electron chi connectivity index (χ3n) is 5.48. The lowest BCUT2D eigenvalue weighted by molar-refractivity contribution is -0.113. The Kier molecular flexibility index (Phi) is 7.35. The van der Waals surface area contributed by atoms with Crippen LogP contribution in [0.4, 0.5) is 21.6 Å². The van der Waals surface area contributed by atoms with Crippen molar-refractivity contribution in [3.8, 4) is 0 Å². The summed E-state index contributed by atoms with van der Waals surface area (Å²) in [5.74, 6) is -0.0233. The van der Waals surface area contributed by atoms with Crippen molar-refractivity contribution >= 4 is 46.5 Å². The van der Waals surface area contributed by atoms with Gasteiger partial charge in [-0.3, -0.25) is 4.79 Å². The number of rotatable bonds is 6. The number of aryl methyl sites for hydroxylation is 2. The molecule has 9 heteroatoms. The van der Waals surface area contributed by atoms with Crippen LogP contribution in [0.25, 0.3) is 0 Å². The van der Waals surface area contributed by atoms with Gasteiger partial charge in [0.05, 0.1) is 11.4 Å². The third kappa shape index (κ3) is 5.75. The fourth-order valence-corrected chi connectivity index (χ4v) is 4.71. The van der Waals surface area contributed by atoms with E-state index in [2.05, 4.69) is 57.1 Å². The molecule has 0 atom stereocenters. The fraction of sp³-hybridized carbons (Fsp3) is 0.292. The van der Waals surface area contributed by atoms with Crippen LogP contribution in [0.2, 0.25) is 5.02 Å². The largest absolute Gasteiger partial charge is 0.368 e. The molecule has 1 saturated heterocycles. The summed E-state index contributed by atoms with van der Waals surface area (Å²) in [4.78, 5) is 25.9. The highest BCUT2D eigenvalue weighted by atomic mass is 35.5. The normalized spacial score (nSPS) is 13.8. The Morgan fingerprint density at radius 2 is 1.79 bits per heavy atom. The predicted octanol–water partition coefficient (Wildman–Crippen LogP) is 4.94. The number of carbonyl (C=O) groups excluding carboxylic acids is 1. The third-order valence-corrected chi connectivity index (χ3v) is 6.68. The minimum atomic E-state index is -0.567. The molecule has 2 aromatic carbocycles. The van der Waals surface area contributed by atoms with Gasteiger partial charge in [-0.1, -0.05) is 35.5 Å². The predicted molar refractivity (Wildman–Crippen MR) is 133 cm³/mol. The van der Waals surface area contributed by atoms with Gasteiger partial charge in [-0.05, 0) is 49.2 Å². The molecule has 1 N–H and O–H groups in total. The zero-order chi connectivity index (χ0) is 23.4. The van der Waals surface area contributed by atoms with E-state index in [0.717, 1.165) is 32.0 Å². The maximum Gasteiger partial charge on any atom is 0.234 e. The standard InChI is InChI=1S/C24H25ClFN5OS/c1-16-3-4-17(2)21(13-16)30-9-11-31(12-10-30)23-24(28-8-7-27-23)33-15-22(32)29-20-6-5-18(25)14-19(20)26/h3-8,13-14H,9-12,15H2,1-2H3,(H,29,32). The van der Waals surface area contributed by atoms with Crippen LogP contribution < -0.4 is 15.1 Å². The molecule has 1 aromatic heterocycles. The van der Waals surface area contributed by atoms with E-state index in [4.69, 9.17) is 11.6 Å². The molecule has 0 saturated carbocycles. The summed E-state index contributed by atoms with van der Waals surface area (Å²) in [6.45, 7) is 7.62. The van der Waals surface area contributed by atoms with Crippen molar-refractivity contribution in [1.29, 1.82) is 0 Å². The van der Waals surface area contributed by atoms with Gasteiger partial charge in [-0.2, -0.15) is 0 Å². The molecule has 0 radical (unpaired) electrons. The molecule has 4 rings (SSSR count). The highest BCUT2D eigenvalue weighted by Gasteiger charge is 2.22. The number of benzene rings is 2. The van der Waals surface area contributed by atoms with E-state index in [1.54, 1.807) is 12.4 Å². The Bertz CT molecular complexity index is 1150. The van der Waals surface area contributed by atoms with E-state index < -0.39 is 5.82 Å². The maximum absolute atomic E-state index is 13.9. The lowest BCUT2D eigenvalue weighted by Crippen LogP contribution is -2.47. The van der Waals surface area contributed by atoms with Crippen LogP contribution in [0.3, 0.4) is 0 Å². The minimum Gasteiger partial charge on any atom is -0.368 e. The SMILES string of the molecule is Cc1ccc(C)c(N2CCN(c3nccnc3SCC(=O)Nc3ccc(Cl)cc3F)CC2)c1. The number of nitrogens with one attached hydrogen (secondary N) is 1. The first-order valence-corrected chi connectivity index (χ1v) is 12.0. The second-order valence-electron chi connectivity index (χ2n) is 7.91. The molecule has 0 aliphatic carbocycles. The molecular formula is C24H25ClFN5OS. The van der Waals surface area contributed by atoms with Crippen molar-refractivity contribution in [2.24, 2.45) is 0 Å². The molecule has 172 valence electrons. The first kappa shape index (κ1) is 23.3. The molecular weight excluding hydrogens is 461 g/mol. The van der Waals surface area contributed by atoms with Crippen molar-refractivity contribution in [2.75, 3.05) is 47.0 Å². The van der Waals surface area contributed by atoms with E-state index >= 15 is 0 Å². The summed E-state index contributed by atoms with van der Waals surface area (Å²) in [6, 6.07) is 10.7. The smallest absolute Gasteiger partial charge is 0.234 e. The average molecular weight is 486 g/mol. The number of aromatic nitrogens is 2. The number of carbonyl (C=O) groups is 1. The van der Waals surface area contributed by atoms with Gasteiger partial charge in [0, 0.05) is 49.3 Å². The molecule has 1 aliphatic heterocycles. The van der Waals surface area contributed by atoms with Crippen LogP contribution in [0.1, 0.15) is 11.1 Å². The van der Waals surface area contributed by atoms with Crippen LogP contribution in [0, 0.1) is 19.7 Å². The molecule has 0 bridgehead atoms. The molecule has 3 aromatic rings. The van der Waals surface area contributed by atoms with Gasteiger partial charge < -0.3 is 15.1 Å². The van der Waals surface area contributed by atoms with Crippen LogP contribution >= 0.6 is 23.4 Å². The van der Waals surface area contributed by atoms with Gasteiger partial charge in [0.25, 0.3) is 0 Å². The molecule has 33 heavy (non-hydrogen) atoms. The topological polar surface area (TPSA) is 61.4 Å². The van der Waals surface area contributed by atoms with Crippen LogP contribution in [0.15, 0.2) is 53.8 Å². The van der Waals surface area contributed by atoms with Gasteiger partial charge >= 0.3 is 0 Å². The monoisotopic (exact) mass is 485 g/mol. The van der Waals surface area contributed by atoms with Gasteiger partial charge in [0.2, 0.25) is 5.91 Å². The number of thioether (sulfide) groups is 1. The zero-order valence-corrected chi connectivity index (χ0v) is 20.1. The number of nitrogens with zero attached hydrogens (tertiary/aromatic N) is 4. The highest BCUT2D eigenvalue weighted by Crippen LogP contribution is 2.29. The van der Waals surface area contributed by atoms with E-state index in [-0.39, 0.29) is 22.4 Å². The molecule has 1 fully saturated rings.